The third-order valence-corrected chi connectivity index (χ3v) is 3.82. The van der Waals surface area contributed by atoms with E-state index in [9.17, 15) is 9.90 Å². The molecule has 0 radical (unpaired) electrons. The largest absolute Gasteiger partial charge is 0.481 e. The molecular weight excluding hydrogens is 216 g/mol. The Morgan fingerprint density at radius 3 is 2.41 bits per heavy atom. The van der Waals surface area contributed by atoms with Crippen LogP contribution in [0.15, 0.2) is 18.2 Å². The smallest absolute Gasteiger partial charge is 0.314 e. The highest BCUT2D eigenvalue weighted by atomic mass is 16.5. The molecule has 0 unspecified atom stereocenters. The van der Waals surface area contributed by atoms with E-state index in [-0.39, 0.29) is 0 Å². The zero-order chi connectivity index (χ0) is 12.5. The standard InChI is InChI=1S/C14H18O3/c1-10-3-4-12(9-11(10)2)14(13(15)16)5-7-17-8-6-14/h3-4,9H,5-8H2,1-2H3,(H,15,16). The summed E-state index contributed by atoms with van der Waals surface area (Å²) >= 11 is 0. The van der Waals surface area contributed by atoms with Gasteiger partial charge in [-0.3, -0.25) is 4.79 Å². The molecule has 0 atom stereocenters. The Morgan fingerprint density at radius 1 is 1.24 bits per heavy atom. The molecule has 1 aliphatic heterocycles. The molecule has 1 heterocycles. The fourth-order valence-corrected chi connectivity index (χ4v) is 2.38. The van der Waals surface area contributed by atoms with Gasteiger partial charge in [0.1, 0.15) is 0 Å². The molecule has 1 N–H and O–H groups in total. The van der Waals surface area contributed by atoms with Crippen LogP contribution in [0.5, 0.6) is 0 Å². The SMILES string of the molecule is Cc1ccc(C2(C(=O)O)CCOCC2)cc1C. The number of carboxylic acid groups (broad SMARTS) is 1. The summed E-state index contributed by atoms with van der Waals surface area (Å²) in [5.41, 5.74) is 2.50. The predicted octanol–water partition coefficient (Wildman–Crippen LogP) is 2.44. The van der Waals surface area contributed by atoms with Crippen LogP contribution in [0.25, 0.3) is 0 Å². The number of hydrogen-bond donors (Lipinski definition) is 1. The highest BCUT2D eigenvalue weighted by molar-refractivity contribution is 5.81. The molecule has 2 rings (SSSR count). The maximum absolute atomic E-state index is 11.6. The molecule has 3 heteroatoms. The summed E-state index contributed by atoms with van der Waals surface area (Å²) < 4.78 is 5.29. The zero-order valence-corrected chi connectivity index (χ0v) is 10.3. The molecule has 1 aromatic rings. The molecule has 1 aliphatic rings. The Hall–Kier alpha value is -1.35. The lowest BCUT2D eigenvalue weighted by molar-refractivity contribution is -0.147. The van der Waals surface area contributed by atoms with Crippen LogP contribution in [0, 0.1) is 13.8 Å². The van der Waals surface area contributed by atoms with Crippen LogP contribution in [0.1, 0.15) is 29.5 Å². The van der Waals surface area contributed by atoms with E-state index in [0.29, 0.717) is 26.1 Å². The van der Waals surface area contributed by atoms with Gasteiger partial charge in [-0.05, 0) is 43.4 Å². The van der Waals surface area contributed by atoms with Gasteiger partial charge in [-0.1, -0.05) is 18.2 Å². The van der Waals surface area contributed by atoms with Crippen LogP contribution < -0.4 is 0 Å². The first-order valence-electron chi connectivity index (χ1n) is 5.95. The second-order valence-electron chi connectivity index (χ2n) is 4.80. The topological polar surface area (TPSA) is 46.5 Å². The molecule has 1 fully saturated rings. The van der Waals surface area contributed by atoms with Crippen molar-refractivity contribution in [2.45, 2.75) is 32.1 Å². The number of carbonyl (C=O) groups is 1. The van der Waals surface area contributed by atoms with E-state index in [0.717, 1.165) is 11.1 Å². The molecule has 0 aromatic heterocycles. The molecular formula is C14H18O3. The van der Waals surface area contributed by atoms with Crippen LogP contribution in [-0.2, 0) is 14.9 Å². The van der Waals surface area contributed by atoms with Crippen molar-refractivity contribution in [1.29, 1.82) is 0 Å². The van der Waals surface area contributed by atoms with Crippen molar-refractivity contribution in [3.8, 4) is 0 Å². The number of carboxylic acids is 1. The summed E-state index contributed by atoms with van der Waals surface area (Å²) in [6, 6.07) is 5.96. The number of ether oxygens (including phenoxy) is 1. The van der Waals surface area contributed by atoms with Gasteiger partial charge in [-0.15, -0.1) is 0 Å². The number of aliphatic carboxylic acids is 1. The van der Waals surface area contributed by atoms with Gasteiger partial charge in [0.2, 0.25) is 0 Å². The molecule has 0 amide bonds. The van der Waals surface area contributed by atoms with Gasteiger partial charge >= 0.3 is 5.97 Å². The molecule has 0 saturated carbocycles. The average molecular weight is 234 g/mol. The highest BCUT2D eigenvalue weighted by Crippen LogP contribution is 2.35. The number of rotatable bonds is 2. The van der Waals surface area contributed by atoms with Gasteiger partial charge in [0.15, 0.2) is 0 Å². The van der Waals surface area contributed by atoms with Crippen LogP contribution in [-0.4, -0.2) is 24.3 Å². The van der Waals surface area contributed by atoms with Gasteiger partial charge in [0, 0.05) is 13.2 Å². The third-order valence-electron chi connectivity index (χ3n) is 3.82. The second-order valence-corrected chi connectivity index (χ2v) is 4.80. The fraction of sp³-hybridized carbons (Fsp3) is 0.500. The van der Waals surface area contributed by atoms with Crippen molar-refractivity contribution in [3.63, 3.8) is 0 Å². The summed E-state index contributed by atoms with van der Waals surface area (Å²) in [7, 11) is 0. The van der Waals surface area contributed by atoms with Crippen LogP contribution in [0.3, 0.4) is 0 Å². The first-order valence-corrected chi connectivity index (χ1v) is 5.95. The number of benzene rings is 1. The molecule has 0 aliphatic carbocycles. The molecule has 1 aromatic carbocycles. The van der Waals surface area contributed by atoms with E-state index < -0.39 is 11.4 Å². The Balaban J connectivity index is 2.45. The molecule has 1 saturated heterocycles. The van der Waals surface area contributed by atoms with Gasteiger partial charge in [-0.2, -0.15) is 0 Å². The van der Waals surface area contributed by atoms with Crippen LogP contribution >= 0.6 is 0 Å². The summed E-state index contributed by atoms with van der Waals surface area (Å²) in [5, 5.41) is 9.55. The summed E-state index contributed by atoms with van der Waals surface area (Å²) in [6.07, 6.45) is 1.12. The molecule has 92 valence electrons. The van der Waals surface area contributed by atoms with E-state index in [1.807, 2.05) is 32.0 Å². The number of aryl methyl sites for hydroxylation is 2. The summed E-state index contributed by atoms with van der Waals surface area (Å²) in [6.45, 7) is 5.11. The van der Waals surface area contributed by atoms with E-state index in [1.165, 1.54) is 5.56 Å². The van der Waals surface area contributed by atoms with Gasteiger partial charge in [0.25, 0.3) is 0 Å². The van der Waals surface area contributed by atoms with E-state index >= 15 is 0 Å². The van der Waals surface area contributed by atoms with Crippen molar-refractivity contribution in [3.05, 3.63) is 34.9 Å². The van der Waals surface area contributed by atoms with Gasteiger partial charge in [0.05, 0.1) is 5.41 Å². The van der Waals surface area contributed by atoms with Crippen molar-refractivity contribution >= 4 is 5.97 Å². The van der Waals surface area contributed by atoms with E-state index in [4.69, 9.17) is 4.74 Å². The molecule has 17 heavy (non-hydrogen) atoms. The normalized spacial score (nSPS) is 18.9. The first kappa shape index (κ1) is 12.1. The summed E-state index contributed by atoms with van der Waals surface area (Å²) in [5.74, 6) is -0.732. The zero-order valence-electron chi connectivity index (χ0n) is 10.3. The maximum Gasteiger partial charge on any atom is 0.314 e. The Kier molecular flexibility index (Phi) is 3.20. The van der Waals surface area contributed by atoms with Crippen LogP contribution in [0.2, 0.25) is 0 Å². The Morgan fingerprint density at radius 2 is 1.88 bits per heavy atom. The summed E-state index contributed by atoms with van der Waals surface area (Å²) in [4.78, 5) is 11.6. The minimum absolute atomic E-state index is 0.527. The second kappa shape index (κ2) is 4.49. The van der Waals surface area contributed by atoms with Crippen molar-refractivity contribution in [2.75, 3.05) is 13.2 Å². The minimum atomic E-state index is -0.753. The lowest BCUT2D eigenvalue weighted by Gasteiger charge is -2.33. The highest BCUT2D eigenvalue weighted by Gasteiger charge is 2.41. The average Bonchev–Trinajstić information content (AvgIpc) is 2.33. The first-order chi connectivity index (χ1) is 8.06. The molecule has 0 bridgehead atoms. The Labute approximate surface area is 101 Å². The third kappa shape index (κ3) is 2.07. The minimum Gasteiger partial charge on any atom is -0.481 e. The predicted molar refractivity (Wildman–Crippen MR) is 65.3 cm³/mol. The van der Waals surface area contributed by atoms with Crippen molar-refractivity contribution in [2.24, 2.45) is 0 Å². The number of hydrogen-bond acceptors (Lipinski definition) is 2. The van der Waals surface area contributed by atoms with Gasteiger partial charge < -0.3 is 9.84 Å². The quantitative estimate of drug-likeness (QED) is 0.855. The lowest BCUT2D eigenvalue weighted by Crippen LogP contribution is -2.41. The molecule has 0 spiro atoms. The lowest BCUT2D eigenvalue weighted by atomic mass is 9.73. The van der Waals surface area contributed by atoms with Crippen molar-refractivity contribution in [1.82, 2.24) is 0 Å². The van der Waals surface area contributed by atoms with E-state index in [2.05, 4.69) is 0 Å². The van der Waals surface area contributed by atoms with E-state index in [1.54, 1.807) is 0 Å². The monoisotopic (exact) mass is 234 g/mol. The molecule has 3 nitrogen and oxygen atoms in total. The van der Waals surface area contributed by atoms with Crippen LogP contribution in [0.4, 0.5) is 0 Å². The Bertz CT molecular complexity index is 431. The van der Waals surface area contributed by atoms with Crippen molar-refractivity contribution < 1.29 is 14.6 Å². The van der Waals surface area contributed by atoms with Gasteiger partial charge in [-0.25, -0.2) is 0 Å². The fourth-order valence-electron chi connectivity index (χ4n) is 2.38. The maximum atomic E-state index is 11.6.